The average Bonchev–Trinajstić information content (AvgIpc) is 3.58. The van der Waals surface area contributed by atoms with Gasteiger partial charge in [-0.3, -0.25) is 9.71 Å². The number of rotatable bonds is 7. The Labute approximate surface area is 211 Å². The highest BCUT2D eigenvalue weighted by Gasteiger charge is 2.42. The van der Waals surface area contributed by atoms with Gasteiger partial charge in [-0.2, -0.15) is 0 Å². The minimum absolute atomic E-state index is 0.147. The summed E-state index contributed by atoms with van der Waals surface area (Å²) >= 11 is 5.85. The highest BCUT2D eigenvalue weighted by Crippen LogP contribution is 2.45. The van der Waals surface area contributed by atoms with E-state index in [9.17, 15) is 8.42 Å². The lowest BCUT2D eigenvalue weighted by Gasteiger charge is -2.30. The van der Waals surface area contributed by atoms with E-state index in [4.69, 9.17) is 17.0 Å². The average molecular weight is 512 g/mol. The first-order chi connectivity index (χ1) is 16.9. The summed E-state index contributed by atoms with van der Waals surface area (Å²) in [6.07, 6.45) is 9.89. The summed E-state index contributed by atoms with van der Waals surface area (Å²) in [7, 11) is -1.93. The van der Waals surface area contributed by atoms with Gasteiger partial charge in [0.1, 0.15) is 11.8 Å². The van der Waals surface area contributed by atoms with Crippen LogP contribution in [0.4, 0.5) is 11.4 Å². The summed E-state index contributed by atoms with van der Waals surface area (Å²) in [4.78, 5) is 6.72. The van der Waals surface area contributed by atoms with Gasteiger partial charge in [0.05, 0.1) is 30.8 Å². The Bertz CT molecular complexity index is 1320. The van der Waals surface area contributed by atoms with E-state index in [1.165, 1.54) is 32.8 Å². The molecule has 0 amide bonds. The van der Waals surface area contributed by atoms with Crippen LogP contribution in [0.2, 0.25) is 0 Å². The SMILES string of the molecule is COc1cc(N2C(=S)NC(c3ccccn3)C2c2cccn2C2CCCC2)ccc1NS(C)(=O)=O. The van der Waals surface area contributed by atoms with E-state index in [2.05, 4.69) is 42.8 Å². The molecular formula is C25H29N5O3S2. The predicted octanol–water partition coefficient (Wildman–Crippen LogP) is 4.56. The summed E-state index contributed by atoms with van der Waals surface area (Å²) in [5, 5.41) is 4.07. The molecule has 1 aliphatic heterocycles. The molecule has 0 spiro atoms. The summed E-state index contributed by atoms with van der Waals surface area (Å²) in [5.41, 5.74) is 3.26. The van der Waals surface area contributed by atoms with Crippen LogP contribution in [0.15, 0.2) is 60.9 Å². The number of methoxy groups -OCH3 is 1. The fourth-order valence-electron chi connectivity index (χ4n) is 5.22. The van der Waals surface area contributed by atoms with Crippen LogP contribution in [0.1, 0.15) is 55.2 Å². The quantitative estimate of drug-likeness (QED) is 0.450. The van der Waals surface area contributed by atoms with Gasteiger partial charge in [0.2, 0.25) is 10.0 Å². The lowest BCUT2D eigenvalue weighted by molar-refractivity contribution is 0.416. The van der Waals surface area contributed by atoms with Gasteiger partial charge < -0.3 is 19.5 Å². The second-order valence-corrected chi connectivity index (χ2v) is 11.2. The second-order valence-electron chi connectivity index (χ2n) is 9.03. The van der Waals surface area contributed by atoms with Crippen molar-refractivity contribution in [3.05, 3.63) is 72.3 Å². The third-order valence-electron chi connectivity index (χ3n) is 6.69. The normalized spacial score (nSPS) is 20.7. The number of nitrogens with zero attached hydrogens (tertiary/aromatic N) is 3. The van der Waals surface area contributed by atoms with Crippen molar-refractivity contribution in [1.29, 1.82) is 0 Å². The van der Waals surface area contributed by atoms with E-state index >= 15 is 0 Å². The molecule has 8 nitrogen and oxygen atoms in total. The Kier molecular flexibility index (Phi) is 6.41. The van der Waals surface area contributed by atoms with Crippen molar-refractivity contribution < 1.29 is 13.2 Å². The van der Waals surface area contributed by atoms with Crippen LogP contribution >= 0.6 is 12.2 Å². The molecule has 2 aliphatic rings. The molecule has 10 heteroatoms. The number of pyridine rings is 1. The first-order valence-corrected chi connectivity index (χ1v) is 14.0. The van der Waals surface area contributed by atoms with Gasteiger partial charge in [0.15, 0.2) is 5.11 Å². The number of anilines is 2. The van der Waals surface area contributed by atoms with E-state index in [0.29, 0.717) is 22.6 Å². The molecule has 2 aromatic heterocycles. The molecule has 1 saturated carbocycles. The van der Waals surface area contributed by atoms with Crippen molar-refractivity contribution in [3.63, 3.8) is 0 Å². The van der Waals surface area contributed by atoms with Gasteiger partial charge in [-0.15, -0.1) is 0 Å². The maximum Gasteiger partial charge on any atom is 0.229 e. The van der Waals surface area contributed by atoms with Gasteiger partial charge >= 0.3 is 0 Å². The van der Waals surface area contributed by atoms with Crippen molar-refractivity contribution in [3.8, 4) is 5.75 Å². The highest BCUT2D eigenvalue weighted by atomic mass is 32.2. The Hall–Kier alpha value is -3.11. The third kappa shape index (κ3) is 4.72. The van der Waals surface area contributed by atoms with Crippen molar-refractivity contribution in [2.45, 2.75) is 43.8 Å². The van der Waals surface area contributed by atoms with Crippen LogP contribution < -0.4 is 19.7 Å². The number of aromatic nitrogens is 2. The van der Waals surface area contributed by atoms with E-state index < -0.39 is 10.0 Å². The number of nitrogens with one attached hydrogen (secondary N) is 2. The molecule has 3 heterocycles. The fourth-order valence-corrected chi connectivity index (χ4v) is 6.13. The van der Waals surface area contributed by atoms with Crippen LogP contribution in [0.3, 0.4) is 0 Å². The Morgan fingerprint density at radius 1 is 1.14 bits per heavy atom. The fraction of sp³-hybridized carbons (Fsp3) is 0.360. The Balaban J connectivity index is 1.61. The van der Waals surface area contributed by atoms with Crippen LogP contribution in [0.5, 0.6) is 5.75 Å². The molecule has 1 saturated heterocycles. The van der Waals surface area contributed by atoms with Crippen LogP contribution in [0.25, 0.3) is 0 Å². The predicted molar refractivity (Wildman–Crippen MR) is 141 cm³/mol. The second kappa shape index (κ2) is 9.50. The molecule has 2 unspecified atom stereocenters. The van der Waals surface area contributed by atoms with Crippen molar-refractivity contribution in [2.24, 2.45) is 0 Å². The maximum atomic E-state index is 11.8. The number of ether oxygens (including phenoxy) is 1. The molecule has 1 aliphatic carbocycles. The lowest BCUT2D eigenvalue weighted by atomic mass is 10.00. The molecule has 0 bridgehead atoms. The van der Waals surface area contributed by atoms with Crippen LogP contribution in [-0.4, -0.2) is 36.4 Å². The van der Waals surface area contributed by atoms with E-state index in [0.717, 1.165) is 23.3 Å². The van der Waals surface area contributed by atoms with Crippen LogP contribution in [0, 0.1) is 0 Å². The van der Waals surface area contributed by atoms with Gasteiger partial charge in [0, 0.05) is 35.9 Å². The molecular weight excluding hydrogens is 482 g/mol. The van der Waals surface area contributed by atoms with Crippen molar-refractivity contribution >= 4 is 38.7 Å². The van der Waals surface area contributed by atoms with Crippen molar-refractivity contribution in [2.75, 3.05) is 23.0 Å². The summed E-state index contributed by atoms with van der Waals surface area (Å²) in [5.74, 6) is 0.418. The number of hydrogen-bond donors (Lipinski definition) is 2. The lowest BCUT2D eigenvalue weighted by Crippen LogP contribution is -2.30. The smallest absolute Gasteiger partial charge is 0.229 e. The molecule has 35 heavy (non-hydrogen) atoms. The molecule has 1 aromatic carbocycles. The van der Waals surface area contributed by atoms with Gasteiger partial charge in [-0.25, -0.2) is 8.42 Å². The zero-order valence-corrected chi connectivity index (χ0v) is 21.3. The minimum Gasteiger partial charge on any atom is -0.494 e. The number of hydrogen-bond acceptors (Lipinski definition) is 5. The molecule has 2 atom stereocenters. The molecule has 2 N–H and O–H groups in total. The number of sulfonamides is 1. The zero-order chi connectivity index (χ0) is 24.6. The summed E-state index contributed by atoms with van der Waals surface area (Å²) in [6.45, 7) is 0. The number of benzene rings is 1. The molecule has 2 fully saturated rings. The van der Waals surface area contributed by atoms with Gasteiger partial charge in [-0.1, -0.05) is 18.9 Å². The zero-order valence-electron chi connectivity index (χ0n) is 19.7. The van der Waals surface area contributed by atoms with Crippen molar-refractivity contribution in [1.82, 2.24) is 14.9 Å². The van der Waals surface area contributed by atoms with E-state index in [1.54, 1.807) is 12.3 Å². The summed E-state index contributed by atoms with van der Waals surface area (Å²) < 4.78 is 34.1. The minimum atomic E-state index is -3.45. The largest absolute Gasteiger partial charge is 0.494 e. The molecule has 3 aromatic rings. The Morgan fingerprint density at radius 2 is 1.94 bits per heavy atom. The maximum absolute atomic E-state index is 11.8. The molecule has 0 radical (unpaired) electrons. The van der Waals surface area contributed by atoms with Gasteiger partial charge in [-0.05, 0) is 61.5 Å². The van der Waals surface area contributed by atoms with E-state index in [1.807, 2.05) is 30.3 Å². The third-order valence-corrected chi connectivity index (χ3v) is 7.59. The van der Waals surface area contributed by atoms with Crippen LogP contribution in [-0.2, 0) is 10.0 Å². The summed E-state index contributed by atoms with van der Waals surface area (Å²) in [6, 6.07) is 15.7. The topological polar surface area (TPSA) is 88.5 Å². The van der Waals surface area contributed by atoms with E-state index in [-0.39, 0.29) is 12.1 Å². The number of thiocarbonyl (C=S) groups is 1. The monoisotopic (exact) mass is 511 g/mol. The molecule has 184 valence electrons. The standard InChI is InChI=1S/C25H29N5O3S2/c1-33-22-16-18(12-13-19(22)28-35(2,31)32)30-24(21-11-7-15-29(21)17-8-3-4-9-17)23(27-25(30)34)20-10-5-6-14-26-20/h5-7,10-17,23-24,28H,3-4,8-9H2,1-2H3,(H,27,34). The first-order valence-electron chi connectivity index (χ1n) is 11.7. The van der Waals surface area contributed by atoms with Gasteiger partial charge in [0.25, 0.3) is 0 Å². The highest BCUT2D eigenvalue weighted by molar-refractivity contribution is 7.92. The first kappa shape index (κ1) is 23.6. The molecule has 5 rings (SSSR count). The Morgan fingerprint density at radius 3 is 2.63 bits per heavy atom.